The van der Waals surface area contributed by atoms with Crippen LogP contribution in [0.4, 0.5) is 5.69 Å². The van der Waals surface area contributed by atoms with Crippen LogP contribution in [0, 0.1) is 0 Å². The quantitative estimate of drug-likeness (QED) is 0.861. The number of sulfonamides is 1. The number of carbonyl (C=O) groups excluding carboxylic acids is 1. The minimum atomic E-state index is -3.36. The third kappa shape index (κ3) is 3.87. The van der Waals surface area contributed by atoms with Crippen LogP contribution in [-0.2, 0) is 21.2 Å². The molecule has 1 aromatic carbocycles. The van der Waals surface area contributed by atoms with E-state index >= 15 is 0 Å². The number of hydrogen-bond acceptors (Lipinski definition) is 4. The van der Waals surface area contributed by atoms with Crippen molar-refractivity contribution in [2.45, 2.75) is 32.7 Å². The molecule has 132 valence electrons. The lowest BCUT2D eigenvalue weighted by Gasteiger charge is -2.30. The minimum Gasteiger partial charge on any atom is -0.480 e. The summed E-state index contributed by atoms with van der Waals surface area (Å²) >= 11 is 0. The number of carboxylic acid groups (broad SMARTS) is 1. The Morgan fingerprint density at radius 3 is 2.54 bits per heavy atom. The highest BCUT2D eigenvalue weighted by molar-refractivity contribution is 7.92. The van der Waals surface area contributed by atoms with Crippen LogP contribution in [0.3, 0.4) is 0 Å². The van der Waals surface area contributed by atoms with E-state index in [-0.39, 0.29) is 18.5 Å². The van der Waals surface area contributed by atoms with Crippen LogP contribution >= 0.6 is 0 Å². The Balaban J connectivity index is 2.37. The molecule has 1 aromatic rings. The van der Waals surface area contributed by atoms with Crippen molar-refractivity contribution in [2.24, 2.45) is 0 Å². The van der Waals surface area contributed by atoms with Crippen molar-refractivity contribution in [2.75, 3.05) is 23.7 Å². The van der Waals surface area contributed by atoms with Gasteiger partial charge in [-0.25, -0.2) is 8.42 Å². The van der Waals surface area contributed by atoms with Gasteiger partial charge in [0, 0.05) is 18.2 Å². The average Bonchev–Trinajstić information content (AvgIpc) is 2.49. The molecule has 0 bridgehead atoms. The van der Waals surface area contributed by atoms with Crippen LogP contribution < -0.4 is 4.31 Å². The molecule has 0 saturated carbocycles. The lowest BCUT2D eigenvalue weighted by atomic mass is 10.00. The van der Waals surface area contributed by atoms with E-state index in [1.807, 2.05) is 0 Å². The van der Waals surface area contributed by atoms with Gasteiger partial charge < -0.3 is 10.0 Å². The molecular weight excluding hydrogens is 332 g/mol. The fourth-order valence-corrected chi connectivity index (χ4v) is 3.84. The SMILES string of the molecule is CC(C)N(CC(=O)O)C(=O)c1ccc2c(c1)CCCN2S(C)(=O)=O. The van der Waals surface area contributed by atoms with Crippen LogP contribution in [-0.4, -0.2) is 55.7 Å². The summed E-state index contributed by atoms with van der Waals surface area (Å²) in [5.74, 6) is -1.44. The molecule has 24 heavy (non-hydrogen) atoms. The van der Waals surface area contributed by atoms with Gasteiger partial charge in [-0.2, -0.15) is 0 Å². The zero-order valence-electron chi connectivity index (χ0n) is 14.0. The van der Waals surface area contributed by atoms with E-state index in [0.29, 0.717) is 30.6 Å². The number of rotatable bonds is 5. The Morgan fingerprint density at radius 2 is 2.00 bits per heavy atom. The third-order valence-corrected chi connectivity index (χ3v) is 5.17. The van der Waals surface area contributed by atoms with E-state index in [2.05, 4.69) is 0 Å². The van der Waals surface area contributed by atoms with E-state index in [0.717, 1.165) is 11.8 Å². The summed E-state index contributed by atoms with van der Waals surface area (Å²) in [6.07, 6.45) is 2.53. The molecule has 2 rings (SSSR count). The number of fused-ring (bicyclic) bond motifs is 1. The molecule has 0 unspecified atom stereocenters. The normalized spacial score (nSPS) is 14.4. The van der Waals surface area contributed by atoms with Crippen molar-refractivity contribution in [3.05, 3.63) is 29.3 Å². The van der Waals surface area contributed by atoms with Crippen molar-refractivity contribution in [3.63, 3.8) is 0 Å². The van der Waals surface area contributed by atoms with Gasteiger partial charge in [-0.15, -0.1) is 0 Å². The molecule has 0 atom stereocenters. The lowest BCUT2D eigenvalue weighted by Crippen LogP contribution is -2.41. The van der Waals surface area contributed by atoms with Gasteiger partial charge in [-0.05, 0) is 50.5 Å². The zero-order valence-corrected chi connectivity index (χ0v) is 14.8. The number of carbonyl (C=O) groups is 2. The molecule has 0 aromatic heterocycles. The number of nitrogens with zero attached hydrogens (tertiary/aromatic N) is 2. The molecular formula is C16H22N2O5S. The van der Waals surface area contributed by atoms with Gasteiger partial charge in [-0.1, -0.05) is 0 Å². The first kappa shape index (κ1) is 18.3. The second-order valence-corrected chi connectivity index (χ2v) is 8.11. The maximum Gasteiger partial charge on any atom is 0.323 e. The van der Waals surface area contributed by atoms with Crippen LogP contribution in [0.15, 0.2) is 18.2 Å². The van der Waals surface area contributed by atoms with E-state index in [1.54, 1.807) is 32.0 Å². The molecule has 1 aliphatic heterocycles. The Hall–Kier alpha value is -2.09. The predicted octanol–water partition coefficient (Wildman–Crippen LogP) is 1.33. The molecule has 0 spiro atoms. The maximum absolute atomic E-state index is 12.6. The first-order valence-electron chi connectivity index (χ1n) is 7.74. The van der Waals surface area contributed by atoms with Gasteiger partial charge in [0.2, 0.25) is 10.0 Å². The van der Waals surface area contributed by atoms with Gasteiger partial charge in [0.25, 0.3) is 5.91 Å². The number of hydrogen-bond donors (Lipinski definition) is 1. The number of aliphatic carboxylic acids is 1. The van der Waals surface area contributed by atoms with Gasteiger partial charge in [0.1, 0.15) is 6.54 Å². The average molecular weight is 354 g/mol. The number of anilines is 1. The summed E-state index contributed by atoms with van der Waals surface area (Å²) in [5.41, 5.74) is 1.75. The maximum atomic E-state index is 12.6. The van der Waals surface area contributed by atoms with Gasteiger partial charge in [-0.3, -0.25) is 13.9 Å². The summed E-state index contributed by atoms with van der Waals surface area (Å²) in [4.78, 5) is 24.9. The molecule has 1 aliphatic rings. The molecule has 1 amide bonds. The fourth-order valence-electron chi connectivity index (χ4n) is 2.84. The van der Waals surface area contributed by atoms with E-state index < -0.39 is 16.0 Å². The molecule has 7 nitrogen and oxygen atoms in total. The van der Waals surface area contributed by atoms with Crippen molar-refractivity contribution in [1.29, 1.82) is 0 Å². The first-order valence-corrected chi connectivity index (χ1v) is 9.59. The van der Waals surface area contributed by atoms with Crippen molar-refractivity contribution in [3.8, 4) is 0 Å². The van der Waals surface area contributed by atoms with Crippen LogP contribution in [0.5, 0.6) is 0 Å². The second kappa shape index (κ2) is 6.80. The molecule has 0 fully saturated rings. The largest absolute Gasteiger partial charge is 0.480 e. The molecule has 1 N–H and O–H groups in total. The fraction of sp³-hybridized carbons (Fsp3) is 0.500. The second-order valence-electron chi connectivity index (χ2n) is 6.20. The number of amides is 1. The van der Waals surface area contributed by atoms with Gasteiger partial charge >= 0.3 is 5.97 Å². The van der Waals surface area contributed by atoms with Gasteiger partial charge in [0.15, 0.2) is 0 Å². The highest BCUT2D eigenvalue weighted by Crippen LogP contribution is 2.30. The Bertz CT molecular complexity index is 758. The molecule has 1 heterocycles. The topological polar surface area (TPSA) is 95.0 Å². The lowest BCUT2D eigenvalue weighted by molar-refractivity contribution is -0.138. The Labute approximate surface area is 141 Å². The number of aryl methyl sites for hydroxylation is 1. The zero-order chi connectivity index (χ0) is 18.1. The van der Waals surface area contributed by atoms with E-state index in [9.17, 15) is 18.0 Å². The van der Waals surface area contributed by atoms with E-state index in [1.165, 1.54) is 9.21 Å². The van der Waals surface area contributed by atoms with Gasteiger partial charge in [0.05, 0.1) is 11.9 Å². The smallest absolute Gasteiger partial charge is 0.323 e. The summed E-state index contributed by atoms with van der Waals surface area (Å²) in [7, 11) is -3.36. The summed E-state index contributed by atoms with van der Waals surface area (Å²) in [6, 6.07) is 4.60. The molecule has 0 radical (unpaired) electrons. The highest BCUT2D eigenvalue weighted by Gasteiger charge is 2.26. The summed E-state index contributed by atoms with van der Waals surface area (Å²) in [5, 5.41) is 8.98. The molecule has 0 aliphatic carbocycles. The number of carboxylic acids is 1. The molecule has 0 saturated heterocycles. The van der Waals surface area contributed by atoms with Crippen LogP contribution in [0.2, 0.25) is 0 Å². The van der Waals surface area contributed by atoms with E-state index in [4.69, 9.17) is 5.11 Å². The first-order chi connectivity index (χ1) is 11.1. The van der Waals surface area contributed by atoms with Crippen LogP contribution in [0.25, 0.3) is 0 Å². The van der Waals surface area contributed by atoms with Crippen molar-refractivity contribution in [1.82, 2.24) is 4.90 Å². The molecule has 8 heteroatoms. The predicted molar refractivity (Wildman–Crippen MR) is 90.8 cm³/mol. The van der Waals surface area contributed by atoms with Crippen molar-refractivity contribution < 1.29 is 23.1 Å². The standard InChI is InChI=1S/C16H22N2O5S/c1-11(2)17(10-15(19)20)16(21)13-6-7-14-12(9-13)5-4-8-18(14)24(3,22)23/h6-7,9,11H,4-5,8,10H2,1-3H3,(H,19,20). The monoisotopic (exact) mass is 354 g/mol. The Morgan fingerprint density at radius 1 is 1.33 bits per heavy atom. The number of benzene rings is 1. The summed E-state index contributed by atoms with van der Waals surface area (Å²) < 4.78 is 25.1. The minimum absolute atomic E-state index is 0.253. The highest BCUT2D eigenvalue weighted by atomic mass is 32.2. The summed E-state index contributed by atoms with van der Waals surface area (Å²) in [6.45, 7) is 3.56. The van der Waals surface area contributed by atoms with Crippen LogP contribution in [0.1, 0.15) is 36.2 Å². The third-order valence-electron chi connectivity index (χ3n) is 3.99. The van der Waals surface area contributed by atoms with Crippen molar-refractivity contribution >= 4 is 27.6 Å². The Kier molecular flexibility index (Phi) is 5.17.